The molecule has 108 valence electrons. The van der Waals surface area contributed by atoms with E-state index >= 15 is 0 Å². The van der Waals surface area contributed by atoms with Crippen LogP contribution in [0.4, 0.5) is 5.82 Å². The van der Waals surface area contributed by atoms with Gasteiger partial charge in [-0.2, -0.15) is 0 Å². The number of imidazole rings is 1. The van der Waals surface area contributed by atoms with Crippen molar-refractivity contribution in [2.24, 2.45) is 11.7 Å². The lowest BCUT2D eigenvalue weighted by Gasteiger charge is -2.28. The molecule has 0 amide bonds. The van der Waals surface area contributed by atoms with Crippen molar-refractivity contribution in [1.82, 2.24) is 9.38 Å². The molecular formula is C16H24N4. The minimum Gasteiger partial charge on any atom is -0.352 e. The van der Waals surface area contributed by atoms with Gasteiger partial charge in [0.05, 0.1) is 5.69 Å². The zero-order chi connectivity index (χ0) is 14.1. The van der Waals surface area contributed by atoms with Gasteiger partial charge in [0.15, 0.2) is 5.82 Å². The molecule has 3 rings (SSSR count). The highest BCUT2D eigenvalue weighted by Gasteiger charge is 2.28. The molecule has 2 aromatic heterocycles. The molecule has 2 heterocycles. The Balaban J connectivity index is 2.04. The lowest BCUT2D eigenvalue weighted by molar-refractivity contribution is 0.634. The largest absolute Gasteiger partial charge is 0.352 e. The first-order chi connectivity index (χ1) is 9.70. The van der Waals surface area contributed by atoms with Crippen LogP contribution in [0.3, 0.4) is 0 Å². The summed E-state index contributed by atoms with van der Waals surface area (Å²) in [6.07, 6.45) is 5.69. The molecule has 0 atom stereocenters. The highest BCUT2D eigenvalue weighted by molar-refractivity contribution is 5.56. The molecule has 2 aromatic rings. The van der Waals surface area contributed by atoms with Gasteiger partial charge in [-0.25, -0.2) is 4.98 Å². The maximum atomic E-state index is 5.81. The Kier molecular flexibility index (Phi) is 3.66. The Labute approximate surface area is 120 Å². The molecule has 0 saturated heterocycles. The van der Waals surface area contributed by atoms with E-state index in [9.17, 15) is 0 Å². The summed E-state index contributed by atoms with van der Waals surface area (Å²) in [5.74, 6) is 1.98. The van der Waals surface area contributed by atoms with Crippen LogP contribution < -0.4 is 10.6 Å². The number of fused-ring (bicyclic) bond motifs is 1. The smallest absolute Gasteiger partial charge is 0.151 e. The highest BCUT2D eigenvalue weighted by atomic mass is 15.2. The van der Waals surface area contributed by atoms with E-state index in [2.05, 4.69) is 41.5 Å². The van der Waals surface area contributed by atoms with Crippen LogP contribution in [0.2, 0.25) is 0 Å². The van der Waals surface area contributed by atoms with Crippen molar-refractivity contribution in [2.45, 2.75) is 39.2 Å². The average molecular weight is 272 g/mol. The number of aromatic nitrogens is 2. The predicted octanol–water partition coefficient (Wildman–Crippen LogP) is 2.46. The van der Waals surface area contributed by atoms with Crippen LogP contribution in [-0.4, -0.2) is 28.5 Å². The van der Waals surface area contributed by atoms with E-state index < -0.39 is 0 Å². The first-order valence-electron chi connectivity index (χ1n) is 7.63. The van der Waals surface area contributed by atoms with E-state index in [0.717, 1.165) is 30.3 Å². The minimum absolute atomic E-state index is 0.469. The molecule has 1 aliphatic rings. The van der Waals surface area contributed by atoms with Crippen molar-refractivity contribution < 1.29 is 0 Å². The van der Waals surface area contributed by atoms with Crippen LogP contribution in [0.1, 0.15) is 32.4 Å². The van der Waals surface area contributed by atoms with Crippen molar-refractivity contribution in [2.75, 3.05) is 18.0 Å². The molecule has 4 nitrogen and oxygen atoms in total. The van der Waals surface area contributed by atoms with E-state index in [0.29, 0.717) is 12.6 Å². The van der Waals surface area contributed by atoms with Gasteiger partial charge in [-0.05, 0) is 51.3 Å². The lowest BCUT2D eigenvalue weighted by Crippen LogP contribution is -2.34. The molecule has 1 aliphatic carbocycles. The Hall–Kier alpha value is -1.55. The van der Waals surface area contributed by atoms with Crippen molar-refractivity contribution >= 4 is 11.5 Å². The molecule has 0 unspecified atom stereocenters. The fraction of sp³-hybridized carbons (Fsp3) is 0.562. The molecular weight excluding hydrogens is 248 g/mol. The first kappa shape index (κ1) is 13.4. The zero-order valence-corrected chi connectivity index (χ0v) is 12.4. The first-order valence-corrected chi connectivity index (χ1v) is 7.63. The van der Waals surface area contributed by atoms with Crippen LogP contribution in [0, 0.1) is 5.92 Å². The fourth-order valence-electron chi connectivity index (χ4n) is 2.75. The van der Waals surface area contributed by atoms with Crippen LogP contribution >= 0.6 is 0 Å². The molecule has 0 aromatic carbocycles. The summed E-state index contributed by atoms with van der Waals surface area (Å²) < 4.78 is 2.18. The number of hydrogen-bond donors (Lipinski definition) is 1. The summed E-state index contributed by atoms with van der Waals surface area (Å²) >= 11 is 0. The Morgan fingerprint density at radius 2 is 2.20 bits per heavy atom. The van der Waals surface area contributed by atoms with Gasteiger partial charge in [0.2, 0.25) is 0 Å². The monoisotopic (exact) mass is 272 g/mol. The summed E-state index contributed by atoms with van der Waals surface area (Å²) in [5.41, 5.74) is 8.08. The van der Waals surface area contributed by atoms with E-state index in [4.69, 9.17) is 10.7 Å². The summed E-state index contributed by atoms with van der Waals surface area (Å²) in [5, 5.41) is 0. The molecule has 0 radical (unpaired) electrons. The molecule has 0 spiro atoms. The number of hydrogen-bond acceptors (Lipinski definition) is 3. The predicted molar refractivity (Wildman–Crippen MR) is 83.2 cm³/mol. The average Bonchev–Trinajstić information content (AvgIpc) is 3.19. The third kappa shape index (κ3) is 2.52. The number of pyridine rings is 1. The summed E-state index contributed by atoms with van der Waals surface area (Å²) in [7, 11) is 0. The maximum absolute atomic E-state index is 5.81. The van der Waals surface area contributed by atoms with Gasteiger partial charge >= 0.3 is 0 Å². The molecule has 20 heavy (non-hydrogen) atoms. The van der Waals surface area contributed by atoms with Gasteiger partial charge in [-0.3, -0.25) is 0 Å². The second kappa shape index (κ2) is 5.44. The van der Waals surface area contributed by atoms with E-state index in [1.807, 2.05) is 6.07 Å². The zero-order valence-electron chi connectivity index (χ0n) is 12.4. The number of nitrogens with zero attached hydrogens (tertiary/aromatic N) is 3. The summed E-state index contributed by atoms with van der Waals surface area (Å²) in [4.78, 5) is 7.32. The van der Waals surface area contributed by atoms with E-state index in [-0.39, 0.29) is 0 Å². The lowest BCUT2D eigenvalue weighted by atomic mass is 10.2. The topological polar surface area (TPSA) is 46.6 Å². The van der Waals surface area contributed by atoms with Gasteiger partial charge in [0.25, 0.3) is 0 Å². The third-order valence-electron chi connectivity index (χ3n) is 4.04. The van der Waals surface area contributed by atoms with Crippen LogP contribution in [-0.2, 0) is 6.42 Å². The molecule has 1 saturated carbocycles. The fourth-order valence-corrected chi connectivity index (χ4v) is 2.75. The van der Waals surface area contributed by atoms with E-state index in [1.54, 1.807) is 0 Å². The second-order valence-electron chi connectivity index (χ2n) is 6.04. The molecule has 4 heteroatoms. The molecule has 2 N–H and O–H groups in total. The Morgan fingerprint density at radius 3 is 2.85 bits per heavy atom. The van der Waals surface area contributed by atoms with Gasteiger partial charge in [-0.1, -0.05) is 6.07 Å². The van der Waals surface area contributed by atoms with Gasteiger partial charge in [-0.15, -0.1) is 0 Å². The van der Waals surface area contributed by atoms with Crippen molar-refractivity contribution in [3.8, 4) is 0 Å². The van der Waals surface area contributed by atoms with Crippen LogP contribution in [0.25, 0.3) is 5.65 Å². The Morgan fingerprint density at radius 1 is 1.40 bits per heavy atom. The second-order valence-corrected chi connectivity index (χ2v) is 6.04. The van der Waals surface area contributed by atoms with Gasteiger partial charge in [0, 0.05) is 25.2 Å². The van der Waals surface area contributed by atoms with Crippen LogP contribution in [0.15, 0.2) is 24.4 Å². The minimum atomic E-state index is 0.469. The standard InChI is InChI=1S/C16H24N4/c1-12(2)20(11-13-6-7-13)16-14(8-9-17)19-10-4-3-5-15(19)18-16/h3-5,10,12-13H,6-9,11,17H2,1-2H3. The van der Waals surface area contributed by atoms with Crippen molar-refractivity contribution in [1.29, 1.82) is 0 Å². The number of rotatable bonds is 6. The highest BCUT2D eigenvalue weighted by Crippen LogP contribution is 2.33. The van der Waals surface area contributed by atoms with Gasteiger partial charge < -0.3 is 15.0 Å². The molecule has 0 aliphatic heterocycles. The normalized spacial score (nSPS) is 15.2. The summed E-state index contributed by atoms with van der Waals surface area (Å²) in [6.45, 7) is 6.28. The van der Waals surface area contributed by atoms with Crippen LogP contribution in [0.5, 0.6) is 0 Å². The number of anilines is 1. The van der Waals surface area contributed by atoms with Crippen molar-refractivity contribution in [3.63, 3.8) is 0 Å². The summed E-state index contributed by atoms with van der Waals surface area (Å²) in [6, 6.07) is 6.63. The maximum Gasteiger partial charge on any atom is 0.151 e. The molecule has 1 fully saturated rings. The quantitative estimate of drug-likeness (QED) is 0.878. The third-order valence-corrected chi connectivity index (χ3v) is 4.04. The van der Waals surface area contributed by atoms with E-state index in [1.165, 1.54) is 18.5 Å². The Bertz CT molecular complexity index is 583. The number of nitrogens with two attached hydrogens (primary N) is 1. The SMILES string of the molecule is CC(C)N(CC1CC1)c1nc2ccccn2c1CCN. The van der Waals surface area contributed by atoms with Gasteiger partial charge in [0.1, 0.15) is 5.65 Å². The molecule has 0 bridgehead atoms. The van der Waals surface area contributed by atoms with Crippen molar-refractivity contribution in [3.05, 3.63) is 30.1 Å².